The summed E-state index contributed by atoms with van der Waals surface area (Å²) in [4.78, 5) is 4.27. The van der Waals surface area contributed by atoms with Crippen molar-refractivity contribution in [1.82, 2.24) is 24.3 Å². The maximum absolute atomic E-state index is 14.5. The maximum atomic E-state index is 14.5. The predicted octanol–water partition coefficient (Wildman–Crippen LogP) is 6.09. The Hall–Kier alpha value is -3.78. The Labute approximate surface area is 199 Å². The van der Waals surface area contributed by atoms with E-state index in [1.165, 1.54) is 12.1 Å². The first kappa shape index (κ1) is 22.0. The first-order valence-corrected chi connectivity index (χ1v) is 10.9. The summed E-state index contributed by atoms with van der Waals surface area (Å²) < 4.78 is 37.1. The monoisotopic (exact) mass is 479 g/mol. The summed E-state index contributed by atoms with van der Waals surface area (Å²) in [6.07, 6.45) is 5.30. The van der Waals surface area contributed by atoms with Gasteiger partial charge in [0.1, 0.15) is 23.1 Å². The average molecular weight is 480 g/mol. The minimum atomic E-state index is -0.636. The van der Waals surface area contributed by atoms with Crippen LogP contribution in [0.5, 0.6) is 5.75 Å². The fourth-order valence-corrected chi connectivity index (χ4v) is 4.31. The van der Waals surface area contributed by atoms with Gasteiger partial charge >= 0.3 is 0 Å². The van der Waals surface area contributed by atoms with Gasteiger partial charge in [-0.2, -0.15) is 0 Å². The number of rotatable bonds is 5. The first-order valence-electron chi connectivity index (χ1n) is 10.5. The van der Waals surface area contributed by atoms with Crippen molar-refractivity contribution in [3.8, 4) is 34.1 Å². The third-order valence-corrected chi connectivity index (χ3v) is 6.01. The second-order valence-electron chi connectivity index (χ2n) is 8.00. The van der Waals surface area contributed by atoms with E-state index < -0.39 is 17.7 Å². The zero-order valence-electron chi connectivity index (χ0n) is 18.6. The molecule has 0 fully saturated rings. The van der Waals surface area contributed by atoms with E-state index in [-0.39, 0.29) is 0 Å². The summed E-state index contributed by atoms with van der Waals surface area (Å²) in [5.41, 5.74) is 4.16. The number of pyridine rings is 1. The fourth-order valence-electron chi connectivity index (χ4n) is 4.09. The Morgan fingerprint density at radius 2 is 1.85 bits per heavy atom. The molecule has 5 rings (SSSR count). The van der Waals surface area contributed by atoms with E-state index in [0.717, 1.165) is 23.0 Å². The minimum Gasteiger partial charge on any atom is -0.495 e. The molecule has 0 spiro atoms. The first-order chi connectivity index (χ1) is 16.4. The highest BCUT2D eigenvalue weighted by molar-refractivity contribution is 6.30. The highest BCUT2D eigenvalue weighted by Gasteiger charge is 2.24. The summed E-state index contributed by atoms with van der Waals surface area (Å²) >= 11 is 6.44. The second kappa shape index (κ2) is 8.53. The molecule has 0 radical (unpaired) electrons. The molecular formula is C25H20ClF2N5O. The number of halogens is 3. The van der Waals surface area contributed by atoms with Crippen molar-refractivity contribution in [3.63, 3.8) is 0 Å². The topological polar surface area (TPSA) is 57.8 Å². The second-order valence-corrected chi connectivity index (χ2v) is 8.44. The molecule has 172 valence electrons. The van der Waals surface area contributed by atoms with Crippen molar-refractivity contribution in [1.29, 1.82) is 0 Å². The number of ether oxygens (including phenoxy) is 1. The fraction of sp³-hybridized carbons (Fsp3) is 0.160. The van der Waals surface area contributed by atoms with Crippen LogP contribution < -0.4 is 4.74 Å². The number of aromatic nitrogens is 5. The predicted molar refractivity (Wildman–Crippen MR) is 126 cm³/mol. The Morgan fingerprint density at radius 1 is 1.03 bits per heavy atom. The standard InChI is InChI=1S/C25H20ClF2N5O/c1-14-11-32(13-29-14)22-7-4-16(8-23(22)34-3)24-20-9-17(26)12-33(25(20)31-30-24)15(2)19-6-5-18(27)10-21(19)28/h4-13,15H,1-3H3/t15-/m1/s1. The molecule has 0 saturated carbocycles. The van der Waals surface area contributed by atoms with Gasteiger partial charge in [0.05, 0.1) is 35.9 Å². The number of hydrogen-bond donors (Lipinski definition) is 0. The molecule has 1 atom stereocenters. The van der Waals surface area contributed by atoms with Crippen LogP contribution in [0.3, 0.4) is 0 Å². The summed E-state index contributed by atoms with van der Waals surface area (Å²) in [5.74, 6) is -0.0946. The number of nitrogens with zero attached hydrogens (tertiary/aromatic N) is 5. The van der Waals surface area contributed by atoms with Gasteiger partial charge in [-0.25, -0.2) is 13.8 Å². The van der Waals surface area contributed by atoms with Crippen molar-refractivity contribution in [2.45, 2.75) is 19.9 Å². The van der Waals surface area contributed by atoms with Crippen molar-refractivity contribution in [2.75, 3.05) is 7.11 Å². The number of hydrogen-bond acceptors (Lipinski definition) is 4. The normalized spacial score (nSPS) is 12.3. The quantitative estimate of drug-likeness (QED) is 0.306. The third kappa shape index (κ3) is 3.80. The lowest BCUT2D eigenvalue weighted by Gasteiger charge is -2.20. The summed E-state index contributed by atoms with van der Waals surface area (Å²) in [5, 5.41) is 9.22. The summed E-state index contributed by atoms with van der Waals surface area (Å²) in [6, 6.07) is 10.5. The number of aryl methyl sites for hydroxylation is 1. The van der Waals surface area contributed by atoms with Gasteiger partial charge in [0.25, 0.3) is 0 Å². The van der Waals surface area contributed by atoms with Crippen LogP contribution >= 0.6 is 11.6 Å². The van der Waals surface area contributed by atoms with E-state index in [4.69, 9.17) is 16.3 Å². The van der Waals surface area contributed by atoms with Crippen LogP contribution in [-0.2, 0) is 0 Å². The molecule has 3 aromatic rings. The molecule has 2 aliphatic rings. The molecule has 2 aromatic carbocycles. The lowest BCUT2D eigenvalue weighted by molar-refractivity contribution is 0.413. The molecule has 1 aromatic heterocycles. The number of imidazole rings is 1. The van der Waals surface area contributed by atoms with E-state index in [0.29, 0.717) is 33.4 Å². The molecule has 0 bridgehead atoms. The molecule has 9 heteroatoms. The molecule has 6 nitrogen and oxygen atoms in total. The van der Waals surface area contributed by atoms with Crippen LogP contribution in [0.1, 0.15) is 24.2 Å². The van der Waals surface area contributed by atoms with E-state index in [2.05, 4.69) is 15.2 Å². The Balaban J connectivity index is 1.58. The van der Waals surface area contributed by atoms with E-state index >= 15 is 0 Å². The van der Waals surface area contributed by atoms with Gasteiger partial charge in [0.15, 0.2) is 5.82 Å². The van der Waals surface area contributed by atoms with E-state index in [1.54, 1.807) is 37.2 Å². The van der Waals surface area contributed by atoms with Crippen molar-refractivity contribution in [3.05, 3.63) is 89.1 Å². The largest absolute Gasteiger partial charge is 0.495 e. The van der Waals surface area contributed by atoms with Crippen LogP contribution in [0, 0.1) is 18.6 Å². The molecule has 3 heterocycles. The van der Waals surface area contributed by atoms with Gasteiger partial charge < -0.3 is 13.9 Å². The van der Waals surface area contributed by atoms with E-state index in [9.17, 15) is 8.78 Å². The molecule has 34 heavy (non-hydrogen) atoms. The van der Waals surface area contributed by atoms with E-state index in [1.807, 2.05) is 35.9 Å². The summed E-state index contributed by atoms with van der Waals surface area (Å²) in [7, 11) is 1.60. The van der Waals surface area contributed by atoms with Gasteiger partial charge in [-0.1, -0.05) is 23.7 Å². The Kier molecular flexibility index (Phi) is 5.53. The van der Waals surface area contributed by atoms with Gasteiger partial charge in [0, 0.05) is 35.2 Å². The Bertz CT molecular complexity index is 1480. The number of benzene rings is 2. The lowest BCUT2D eigenvalue weighted by atomic mass is 10.0. The zero-order valence-corrected chi connectivity index (χ0v) is 19.4. The number of fused-ring (bicyclic) bond motifs is 1. The van der Waals surface area contributed by atoms with Crippen molar-refractivity contribution < 1.29 is 13.5 Å². The molecule has 0 aliphatic carbocycles. The van der Waals surface area contributed by atoms with Crippen LogP contribution in [0.4, 0.5) is 8.78 Å². The van der Waals surface area contributed by atoms with Crippen molar-refractivity contribution in [2.24, 2.45) is 0 Å². The zero-order chi connectivity index (χ0) is 24.0. The highest BCUT2D eigenvalue weighted by atomic mass is 35.5. The molecular weight excluding hydrogens is 460 g/mol. The van der Waals surface area contributed by atoms with Gasteiger partial charge in [0.2, 0.25) is 0 Å². The highest BCUT2D eigenvalue weighted by Crippen LogP contribution is 2.38. The average Bonchev–Trinajstić information content (AvgIpc) is 3.44. The van der Waals surface area contributed by atoms with Crippen LogP contribution in [0.25, 0.3) is 28.3 Å². The van der Waals surface area contributed by atoms with Crippen LogP contribution in [0.2, 0.25) is 5.02 Å². The smallest absolute Gasteiger partial charge is 0.165 e. The third-order valence-electron chi connectivity index (χ3n) is 5.80. The molecule has 0 N–H and O–H groups in total. The molecule has 0 saturated heterocycles. The number of methoxy groups -OCH3 is 1. The molecule has 2 aliphatic heterocycles. The van der Waals surface area contributed by atoms with Crippen LogP contribution in [0.15, 0.2) is 61.2 Å². The van der Waals surface area contributed by atoms with Crippen LogP contribution in [-0.4, -0.2) is 31.4 Å². The van der Waals surface area contributed by atoms with Gasteiger partial charge in [-0.05, 0) is 38.1 Å². The van der Waals surface area contributed by atoms with Crippen molar-refractivity contribution >= 4 is 11.6 Å². The molecule has 0 amide bonds. The van der Waals surface area contributed by atoms with Gasteiger partial charge in [-0.3, -0.25) is 0 Å². The van der Waals surface area contributed by atoms with Gasteiger partial charge in [-0.15, -0.1) is 10.2 Å². The SMILES string of the molecule is COc1cc(-c2nnc3n([C@H](C)c4ccc(F)cc4F)cc(Cl)cc2-3)ccc1-n1cnc(C)c1. The Morgan fingerprint density at radius 3 is 2.56 bits per heavy atom. The summed E-state index contributed by atoms with van der Waals surface area (Å²) in [6.45, 7) is 3.71. The molecule has 0 unspecified atom stereocenters. The lowest BCUT2D eigenvalue weighted by Crippen LogP contribution is -2.12. The minimum absolute atomic E-state index is 0.321. The maximum Gasteiger partial charge on any atom is 0.165 e.